The van der Waals surface area contributed by atoms with Gasteiger partial charge in [0.05, 0.1) is 5.56 Å². The highest BCUT2D eigenvalue weighted by Crippen LogP contribution is 2.35. The van der Waals surface area contributed by atoms with Crippen LogP contribution in [0.3, 0.4) is 0 Å². The predicted molar refractivity (Wildman–Crippen MR) is 63.6 cm³/mol. The monoisotopic (exact) mass is 336 g/mol. The fourth-order valence-electron chi connectivity index (χ4n) is 1.70. The molecule has 0 unspecified atom stereocenters. The quantitative estimate of drug-likeness (QED) is 0.857. The maximum absolute atomic E-state index is 12.7. The number of benzene rings is 1. The first-order chi connectivity index (χ1) is 8.80. The normalized spacial score (nSPS) is 15.6. The minimum Gasteiger partial charge on any atom is -0.336 e. The smallest absolute Gasteiger partial charge is 0.336 e. The van der Waals surface area contributed by atoms with E-state index < -0.39 is 23.7 Å². The van der Waals surface area contributed by atoms with E-state index >= 15 is 0 Å². The summed E-state index contributed by atoms with van der Waals surface area (Å²) in [5, 5.41) is 2.41. The van der Waals surface area contributed by atoms with Crippen molar-refractivity contribution in [1.29, 1.82) is 0 Å². The van der Waals surface area contributed by atoms with Crippen LogP contribution in [0.5, 0.6) is 0 Å². The number of amides is 3. The number of rotatable bonds is 1. The molecule has 4 nitrogen and oxygen atoms in total. The molecule has 1 aliphatic heterocycles. The zero-order chi connectivity index (χ0) is 14.2. The molecular weight excluding hydrogens is 329 g/mol. The molecule has 2 rings (SSSR count). The van der Waals surface area contributed by atoms with Gasteiger partial charge in [-0.2, -0.15) is 13.2 Å². The summed E-state index contributed by atoms with van der Waals surface area (Å²) in [5.41, 5.74) is -1.12. The summed E-state index contributed by atoms with van der Waals surface area (Å²) in [7, 11) is 0. The van der Waals surface area contributed by atoms with Crippen molar-refractivity contribution < 1.29 is 22.8 Å². The van der Waals surface area contributed by atoms with E-state index in [9.17, 15) is 22.8 Å². The van der Waals surface area contributed by atoms with Crippen LogP contribution in [0, 0.1) is 0 Å². The highest BCUT2D eigenvalue weighted by atomic mass is 79.9. The van der Waals surface area contributed by atoms with Crippen LogP contribution in [-0.2, 0) is 6.18 Å². The summed E-state index contributed by atoms with van der Waals surface area (Å²) in [6.07, 6.45) is -4.57. The number of imide groups is 1. The van der Waals surface area contributed by atoms with E-state index in [0.717, 1.165) is 17.0 Å². The van der Waals surface area contributed by atoms with Crippen molar-refractivity contribution in [1.82, 2.24) is 10.2 Å². The third kappa shape index (κ3) is 2.73. The Labute approximate surface area is 114 Å². The SMILES string of the molecule is O=C1NCCN1C(=O)c1ccc(Br)c(C(F)(F)F)c1. The molecule has 3 amide bonds. The summed E-state index contributed by atoms with van der Waals surface area (Å²) >= 11 is 2.79. The van der Waals surface area contributed by atoms with Crippen LogP contribution < -0.4 is 5.32 Å². The molecule has 8 heteroatoms. The third-order valence-corrected chi connectivity index (χ3v) is 3.31. The molecule has 1 aromatic carbocycles. The molecule has 1 heterocycles. The van der Waals surface area contributed by atoms with Crippen LogP contribution in [0.15, 0.2) is 22.7 Å². The van der Waals surface area contributed by atoms with Gasteiger partial charge in [0.15, 0.2) is 0 Å². The van der Waals surface area contributed by atoms with E-state index in [1.165, 1.54) is 6.07 Å². The molecule has 1 aliphatic rings. The van der Waals surface area contributed by atoms with E-state index in [1.54, 1.807) is 0 Å². The predicted octanol–water partition coefficient (Wildman–Crippen LogP) is 2.63. The van der Waals surface area contributed by atoms with Crippen molar-refractivity contribution >= 4 is 27.9 Å². The molecule has 0 atom stereocenters. The average molecular weight is 337 g/mol. The summed E-state index contributed by atoms with van der Waals surface area (Å²) in [4.78, 5) is 24.1. The summed E-state index contributed by atoms with van der Waals surface area (Å²) in [5.74, 6) is -0.743. The maximum Gasteiger partial charge on any atom is 0.417 e. The molecule has 1 aromatic rings. The van der Waals surface area contributed by atoms with E-state index in [2.05, 4.69) is 21.2 Å². The first-order valence-corrected chi connectivity index (χ1v) is 6.06. The Morgan fingerprint density at radius 1 is 1.37 bits per heavy atom. The second-order valence-electron chi connectivity index (χ2n) is 3.88. The molecule has 0 spiro atoms. The summed E-state index contributed by atoms with van der Waals surface area (Å²) in [6, 6.07) is 2.52. The van der Waals surface area contributed by atoms with Gasteiger partial charge in [-0.1, -0.05) is 15.9 Å². The molecule has 0 saturated carbocycles. The molecule has 19 heavy (non-hydrogen) atoms. The Hall–Kier alpha value is -1.57. The fourth-order valence-corrected chi connectivity index (χ4v) is 2.17. The van der Waals surface area contributed by atoms with Crippen molar-refractivity contribution in [3.63, 3.8) is 0 Å². The fraction of sp³-hybridized carbons (Fsp3) is 0.273. The maximum atomic E-state index is 12.7. The van der Waals surface area contributed by atoms with Gasteiger partial charge in [-0.25, -0.2) is 4.79 Å². The summed E-state index contributed by atoms with van der Waals surface area (Å²) in [6.45, 7) is 0.447. The Morgan fingerprint density at radius 3 is 2.58 bits per heavy atom. The topological polar surface area (TPSA) is 49.4 Å². The van der Waals surface area contributed by atoms with Crippen molar-refractivity contribution in [3.8, 4) is 0 Å². The zero-order valence-electron chi connectivity index (χ0n) is 9.42. The second kappa shape index (κ2) is 4.84. The van der Waals surface area contributed by atoms with Gasteiger partial charge in [-0.05, 0) is 18.2 Å². The van der Waals surface area contributed by atoms with Crippen LogP contribution in [0.25, 0.3) is 0 Å². The van der Waals surface area contributed by atoms with E-state index in [-0.39, 0.29) is 16.6 Å². The van der Waals surface area contributed by atoms with Gasteiger partial charge in [0, 0.05) is 23.1 Å². The number of alkyl halides is 3. The average Bonchev–Trinajstić information content (AvgIpc) is 2.73. The van der Waals surface area contributed by atoms with Crippen LogP contribution in [0.2, 0.25) is 0 Å². The van der Waals surface area contributed by atoms with Gasteiger partial charge >= 0.3 is 12.2 Å². The first-order valence-electron chi connectivity index (χ1n) is 5.27. The molecule has 1 saturated heterocycles. The lowest BCUT2D eigenvalue weighted by Gasteiger charge is -2.14. The van der Waals surface area contributed by atoms with Crippen molar-refractivity contribution in [2.45, 2.75) is 6.18 Å². The minimum absolute atomic E-state index is 0.148. The minimum atomic E-state index is -4.57. The number of hydrogen-bond donors (Lipinski definition) is 1. The van der Waals surface area contributed by atoms with Gasteiger partial charge < -0.3 is 5.32 Å². The number of urea groups is 1. The number of halogens is 4. The molecule has 1 N–H and O–H groups in total. The van der Waals surface area contributed by atoms with Gasteiger partial charge in [-0.15, -0.1) is 0 Å². The lowest BCUT2D eigenvalue weighted by molar-refractivity contribution is -0.138. The highest BCUT2D eigenvalue weighted by molar-refractivity contribution is 9.10. The van der Waals surface area contributed by atoms with Gasteiger partial charge in [0.2, 0.25) is 0 Å². The molecule has 102 valence electrons. The van der Waals surface area contributed by atoms with Gasteiger partial charge in [-0.3, -0.25) is 9.69 Å². The van der Waals surface area contributed by atoms with Crippen LogP contribution in [0.1, 0.15) is 15.9 Å². The number of hydrogen-bond acceptors (Lipinski definition) is 2. The van der Waals surface area contributed by atoms with Gasteiger partial charge in [0.1, 0.15) is 0 Å². The third-order valence-electron chi connectivity index (χ3n) is 2.62. The van der Waals surface area contributed by atoms with Crippen molar-refractivity contribution in [2.24, 2.45) is 0 Å². The Balaban J connectivity index is 2.36. The number of carbonyl (C=O) groups excluding carboxylic acids is 2. The van der Waals surface area contributed by atoms with Crippen LogP contribution in [0.4, 0.5) is 18.0 Å². The number of nitrogens with one attached hydrogen (secondary N) is 1. The number of carbonyl (C=O) groups is 2. The van der Waals surface area contributed by atoms with Crippen LogP contribution in [-0.4, -0.2) is 29.9 Å². The molecular formula is C11H8BrF3N2O2. The zero-order valence-corrected chi connectivity index (χ0v) is 11.0. The van der Waals surface area contributed by atoms with Crippen LogP contribution >= 0.6 is 15.9 Å². The van der Waals surface area contributed by atoms with E-state index in [1.807, 2.05) is 0 Å². The lowest BCUT2D eigenvalue weighted by Crippen LogP contribution is -2.34. The number of nitrogens with zero attached hydrogens (tertiary/aromatic N) is 1. The Morgan fingerprint density at radius 2 is 2.05 bits per heavy atom. The Kier molecular flexibility index (Phi) is 3.53. The first kappa shape index (κ1) is 13.9. The van der Waals surface area contributed by atoms with E-state index in [0.29, 0.717) is 6.54 Å². The molecule has 0 bridgehead atoms. The molecule has 0 aromatic heterocycles. The van der Waals surface area contributed by atoms with Crippen molar-refractivity contribution in [2.75, 3.05) is 13.1 Å². The molecule has 1 fully saturated rings. The summed E-state index contributed by atoms with van der Waals surface area (Å²) < 4.78 is 38.0. The highest BCUT2D eigenvalue weighted by Gasteiger charge is 2.35. The largest absolute Gasteiger partial charge is 0.417 e. The van der Waals surface area contributed by atoms with Crippen molar-refractivity contribution in [3.05, 3.63) is 33.8 Å². The molecule has 0 aliphatic carbocycles. The standard InChI is InChI=1S/C11H8BrF3N2O2/c12-8-2-1-6(5-7(8)11(13,14)15)9(18)17-4-3-16-10(17)19/h1-2,5H,3-4H2,(H,16,19). The van der Waals surface area contributed by atoms with Gasteiger partial charge in [0.25, 0.3) is 5.91 Å². The second-order valence-corrected chi connectivity index (χ2v) is 4.74. The Bertz CT molecular complexity index is 545. The molecule has 0 radical (unpaired) electrons. The van der Waals surface area contributed by atoms with E-state index in [4.69, 9.17) is 0 Å². The lowest BCUT2D eigenvalue weighted by atomic mass is 10.1.